The van der Waals surface area contributed by atoms with Crippen LogP contribution in [-0.2, 0) is 0 Å². The molecule has 234 valence electrons. The van der Waals surface area contributed by atoms with Crippen LogP contribution in [0.25, 0.3) is 0 Å². The molecule has 0 spiro atoms. The van der Waals surface area contributed by atoms with Gasteiger partial charge in [-0.3, -0.25) is 0 Å². The first kappa shape index (κ1) is 30.4. The predicted molar refractivity (Wildman–Crippen MR) is 190 cm³/mol. The van der Waals surface area contributed by atoms with E-state index in [0.29, 0.717) is 34.1 Å². The Kier molecular flexibility index (Phi) is 8.62. The van der Waals surface area contributed by atoms with Crippen molar-refractivity contribution in [3.05, 3.63) is 199 Å². The van der Waals surface area contributed by atoms with Crippen LogP contribution >= 0.6 is 0 Å². The average Bonchev–Trinajstić information content (AvgIpc) is 3.15. The van der Waals surface area contributed by atoms with Gasteiger partial charge in [0.1, 0.15) is 17.1 Å². The van der Waals surface area contributed by atoms with Gasteiger partial charge in [-0.1, -0.05) is 109 Å². The molecular formula is C42H30F3N3. The summed E-state index contributed by atoms with van der Waals surface area (Å²) in [7, 11) is 0. The fourth-order valence-corrected chi connectivity index (χ4v) is 5.90. The van der Waals surface area contributed by atoms with E-state index in [4.69, 9.17) is 0 Å². The van der Waals surface area contributed by atoms with Crippen LogP contribution in [0, 0.1) is 17.5 Å². The third kappa shape index (κ3) is 5.76. The molecule has 0 atom stereocenters. The lowest BCUT2D eigenvalue weighted by Crippen LogP contribution is -2.23. The smallest absolute Gasteiger partial charge is 0.177 e. The molecule has 0 saturated heterocycles. The summed E-state index contributed by atoms with van der Waals surface area (Å²) in [5.41, 5.74) is 1.74. The lowest BCUT2D eigenvalue weighted by atomic mass is 10.1. The van der Waals surface area contributed by atoms with Crippen LogP contribution in [0.5, 0.6) is 0 Å². The van der Waals surface area contributed by atoms with Crippen molar-refractivity contribution in [1.29, 1.82) is 0 Å². The van der Waals surface area contributed by atoms with Crippen molar-refractivity contribution in [2.24, 2.45) is 0 Å². The van der Waals surface area contributed by atoms with Crippen LogP contribution in [0.1, 0.15) is 0 Å². The molecule has 7 aromatic rings. The average molecular weight is 634 g/mol. The minimum atomic E-state index is -1.06. The minimum Gasteiger partial charge on any atom is -0.305 e. The molecule has 0 unspecified atom stereocenters. The van der Waals surface area contributed by atoms with Crippen molar-refractivity contribution in [3.63, 3.8) is 0 Å². The number of nitrogens with zero attached hydrogens (tertiary/aromatic N) is 3. The van der Waals surface area contributed by atoms with E-state index in [9.17, 15) is 0 Å². The van der Waals surface area contributed by atoms with Gasteiger partial charge >= 0.3 is 0 Å². The number of anilines is 9. The van der Waals surface area contributed by atoms with Gasteiger partial charge in [0, 0.05) is 34.1 Å². The molecule has 0 aliphatic heterocycles. The van der Waals surface area contributed by atoms with Crippen LogP contribution in [0.2, 0.25) is 0 Å². The summed E-state index contributed by atoms with van der Waals surface area (Å²) >= 11 is 0. The lowest BCUT2D eigenvalue weighted by Gasteiger charge is -2.34. The first-order valence-electron chi connectivity index (χ1n) is 15.5. The van der Waals surface area contributed by atoms with Crippen molar-refractivity contribution >= 4 is 51.2 Å². The molecule has 0 fully saturated rings. The third-order valence-electron chi connectivity index (χ3n) is 8.00. The fourth-order valence-electron chi connectivity index (χ4n) is 5.90. The molecule has 0 heterocycles. The van der Waals surface area contributed by atoms with Crippen molar-refractivity contribution in [3.8, 4) is 0 Å². The van der Waals surface area contributed by atoms with E-state index in [1.165, 1.54) is 14.7 Å². The molecule has 0 aromatic heterocycles. The highest BCUT2D eigenvalue weighted by molar-refractivity contribution is 5.91. The van der Waals surface area contributed by atoms with E-state index in [1.807, 2.05) is 36.4 Å². The number of hydrogen-bond acceptors (Lipinski definition) is 3. The van der Waals surface area contributed by atoms with Crippen LogP contribution in [0.4, 0.5) is 64.4 Å². The Morgan fingerprint density at radius 1 is 0.229 bits per heavy atom. The summed E-state index contributed by atoms with van der Waals surface area (Å²) in [5.74, 6) is -3.18. The van der Waals surface area contributed by atoms with Crippen LogP contribution in [-0.4, -0.2) is 0 Å². The number of hydrogen-bond donors (Lipinski definition) is 0. The van der Waals surface area contributed by atoms with E-state index in [-0.39, 0.29) is 0 Å². The van der Waals surface area contributed by atoms with Crippen molar-refractivity contribution in [2.45, 2.75) is 0 Å². The van der Waals surface area contributed by atoms with E-state index < -0.39 is 34.5 Å². The summed E-state index contributed by atoms with van der Waals surface area (Å²) in [6.07, 6.45) is 0. The highest BCUT2D eigenvalue weighted by atomic mass is 19.1. The highest BCUT2D eigenvalue weighted by Crippen LogP contribution is 2.51. The number of para-hydroxylation sites is 6. The summed E-state index contributed by atoms with van der Waals surface area (Å²) < 4.78 is 53.1. The van der Waals surface area contributed by atoms with Crippen molar-refractivity contribution in [2.75, 3.05) is 14.7 Å². The molecule has 0 amide bonds. The van der Waals surface area contributed by atoms with E-state index in [1.54, 1.807) is 146 Å². The van der Waals surface area contributed by atoms with E-state index >= 15 is 13.2 Å². The maximum Gasteiger partial charge on any atom is 0.177 e. The van der Waals surface area contributed by atoms with Crippen LogP contribution in [0.3, 0.4) is 0 Å². The summed E-state index contributed by atoms with van der Waals surface area (Å²) in [6, 6.07) is 53.8. The Labute approximate surface area is 278 Å². The second kappa shape index (κ2) is 13.6. The van der Waals surface area contributed by atoms with Gasteiger partial charge < -0.3 is 14.7 Å². The normalized spacial score (nSPS) is 10.8. The lowest BCUT2D eigenvalue weighted by molar-refractivity contribution is 0.550. The van der Waals surface area contributed by atoms with Gasteiger partial charge in [-0.2, -0.15) is 0 Å². The minimum absolute atomic E-state index is 0.424. The van der Waals surface area contributed by atoms with Crippen LogP contribution in [0.15, 0.2) is 182 Å². The molecule has 0 saturated carbocycles. The summed E-state index contributed by atoms with van der Waals surface area (Å²) in [5, 5.41) is 0. The molecule has 0 radical (unpaired) electrons. The second-order valence-electron chi connectivity index (χ2n) is 11.0. The Morgan fingerprint density at radius 2 is 0.375 bits per heavy atom. The summed E-state index contributed by atoms with van der Waals surface area (Å²) in [4.78, 5) is 4.50. The largest absolute Gasteiger partial charge is 0.305 e. The first-order chi connectivity index (χ1) is 23.6. The van der Waals surface area contributed by atoms with E-state index in [0.717, 1.165) is 0 Å². The zero-order valence-electron chi connectivity index (χ0n) is 25.8. The SMILES string of the molecule is Fc1c(N(c2ccccc2)c2ccccc2)c(F)c(N(c2ccccc2)c2ccccc2)c(F)c1N(c1ccccc1)c1ccccc1. The molecule has 0 bridgehead atoms. The Bertz CT molecular complexity index is 1710. The predicted octanol–water partition coefficient (Wildman–Crippen LogP) is 12.5. The molecule has 7 aromatic carbocycles. The molecular weight excluding hydrogens is 603 g/mol. The molecule has 0 aliphatic rings. The monoisotopic (exact) mass is 633 g/mol. The maximum absolute atomic E-state index is 17.7. The molecule has 6 heteroatoms. The zero-order valence-corrected chi connectivity index (χ0v) is 25.8. The van der Waals surface area contributed by atoms with Gasteiger partial charge in [-0.05, 0) is 72.8 Å². The number of rotatable bonds is 9. The Morgan fingerprint density at radius 3 is 0.521 bits per heavy atom. The van der Waals surface area contributed by atoms with Gasteiger partial charge in [-0.15, -0.1) is 0 Å². The van der Waals surface area contributed by atoms with Crippen molar-refractivity contribution < 1.29 is 13.2 Å². The topological polar surface area (TPSA) is 9.72 Å². The number of halogens is 3. The van der Waals surface area contributed by atoms with Gasteiger partial charge in [0.2, 0.25) is 0 Å². The van der Waals surface area contributed by atoms with Gasteiger partial charge in [-0.25, -0.2) is 13.2 Å². The third-order valence-corrected chi connectivity index (χ3v) is 8.00. The second-order valence-corrected chi connectivity index (χ2v) is 11.0. The molecule has 0 aliphatic carbocycles. The van der Waals surface area contributed by atoms with E-state index in [2.05, 4.69) is 0 Å². The first-order valence-corrected chi connectivity index (χ1v) is 15.5. The Hall–Kier alpha value is -6.27. The molecule has 48 heavy (non-hydrogen) atoms. The van der Waals surface area contributed by atoms with Gasteiger partial charge in [0.15, 0.2) is 17.5 Å². The highest BCUT2D eigenvalue weighted by Gasteiger charge is 2.36. The molecule has 3 nitrogen and oxygen atoms in total. The van der Waals surface area contributed by atoms with Crippen LogP contribution < -0.4 is 14.7 Å². The Balaban J connectivity index is 1.63. The van der Waals surface area contributed by atoms with Gasteiger partial charge in [0.25, 0.3) is 0 Å². The molecule has 7 rings (SSSR count). The quantitative estimate of drug-likeness (QED) is 0.157. The zero-order chi connectivity index (χ0) is 32.9. The number of benzene rings is 7. The van der Waals surface area contributed by atoms with Gasteiger partial charge in [0.05, 0.1) is 0 Å². The van der Waals surface area contributed by atoms with Crippen molar-refractivity contribution in [1.82, 2.24) is 0 Å². The summed E-state index contributed by atoms with van der Waals surface area (Å²) in [6.45, 7) is 0. The maximum atomic E-state index is 17.7. The molecule has 0 N–H and O–H groups in total. The fraction of sp³-hybridized carbons (Fsp3) is 0. The standard InChI is InChI=1S/C42H30F3N3/c43-37-40(46(31-19-7-1-8-20-31)32-21-9-2-10-22-32)38(44)42(48(35-27-15-5-16-28-35)36-29-17-6-18-30-36)39(45)41(37)47(33-23-11-3-12-24-33)34-25-13-4-14-26-34/h1-30H.